The van der Waals surface area contributed by atoms with Gasteiger partial charge in [0.15, 0.2) is 0 Å². The van der Waals surface area contributed by atoms with Crippen LogP contribution in [-0.4, -0.2) is 8.42 Å². The van der Waals surface area contributed by atoms with Crippen LogP contribution >= 0.6 is 27.3 Å². The van der Waals surface area contributed by atoms with Gasteiger partial charge in [-0.3, -0.25) is 4.72 Å². The predicted octanol–water partition coefficient (Wildman–Crippen LogP) is 3.08. The Morgan fingerprint density at radius 3 is 2.63 bits per heavy atom. The van der Waals surface area contributed by atoms with Gasteiger partial charge in [-0.05, 0) is 36.8 Å². The fraction of sp³-hybridized carbons (Fsp3) is 0.167. The van der Waals surface area contributed by atoms with E-state index < -0.39 is 10.0 Å². The summed E-state index contributed by atoms with van der Waals surface area (Å²) in [5.74, 6) is 0. The second-order valence-electron chi connectivity index (χ2n) is 4.08. The molecule has 0 atom stereocenters. The van der Waals surface area contributed by atoms with Gasteiger partial charge in [0, 0.05) is 21.3 Å². The highest BCUT2D eigenvalue weighted by Crippen LogP contribution is 2.24. The van der Waals surface area contributed by atoms with E-state index in [0.29, 0.717) is 12.2 Å². The summed E-state index contributed by atoms with van der Waals surface area (Å²) >= 11 is 4.68. The van der Waals surface area contributed by atoms with Gasteiger partial charge in [0.1, 0.15) is 0 Å². The van der Waals surface area contributed by atoms with E-state index in [9.17, 15) is 8.42 Å². The lowest BCUT2D eigenvalue weighted by Crippen LogP contribution is -2.12. The number of thiophene rings is 1. The van der Waals surface area contributed by atoms with Gasteiger partial charge in [-0.15, -0.1) is 11.3 Å². The lowest BCUT2D eigenvalue weighted by Gasteiger charge is -2.08. The van der Waals surface area contributed by atoms with Crippen LogP contribution in [0.1, 0.15) is 10.4 Å². The topological polar surface area (TPSA) is 72.2 Å². The van der Waals surface area contributed by atoms with Gasteiger partial charge in [-0.1, -0.05) is 15.9 Å². The maximum atomic E-state index is 12.2. The molecule has 7 heteroatoms. The molecule has 2 rings (SSSR count). The van der Waals surface area contributed by atoms with Crippen molar-refractivity contribution in [1.82, 2.24) is 0 Å². The summed E-state index contributed by atoms with van der Waals surface area (Å²) in [5.41, 5.74) is 6.99. The van der Waals surface area contributed by atoms with Crippen LogP contribution in [-0.2, 0) is 16.6 Å². The maximum Gasteiger partial charge on any atom is 0.262 e. The number of halogens is 1. The van der Waals surface area contributed by atoms with Crippen molar-refractivity contribution >= 4 is 43.0 Å². The monoisotopic (exact) mass is 360 g/mol. The van der Waals surface area contributed by atoms with Crippen molar-refractivity contribution in [2.75, 3.05) is 4.72 Å². The number of sulfonamides is 1. The first kappa shape index (κ1) is 14.5. The summed E-state index contributed by atoms with van der Waals surface area (Å²) in [6.45, 7) is 2.25. The van der Waals surface area contributed by atoms with E-state index in [4.69, 9.17) is 5.73 Å². The Labute approximate surface area is 124 Å². The molecular formula is C12H13BrN2O2S2. The normalized spacial score (nSPS) is 11.5. The second kappa shape index (κ2) is 5.62. The fourth-order valence-electron chi connectivity index (χ4n) is 1.62. The number of hydrogen-bond donors (Lipinski definition) is 2. The Morgan fingerprint density at radius 1 is 1.32 bits per heavy atom. The number of hydrogen-bond acceptors (Lipinski definition) is 4. The van der Waals surface area contributed by atoms with Crippen LogP contribution in [0.3, 0.4) is 0 Å². The average Bonchev–Trinajstić information content (AvgIpc) is 2.75. The molecule has 1 aromatic heterocycles. The van der Waals surface area contributed by atoms with E-state index in [1.807, 2.05) is 13.0 Å². The van der Waals surface area contributed by atoms with Crippen LogP contribution in [0.2, 0.25) is 0 Å². The lowest BCUT2D eigenvalue weighted by molar-refractivity contribution is 0.601. The van der Waals surface area contributed by atoms with Crippen molar-refractivity contribution in [3.05, 3.63) is 44.6 Å². The molecule has 1 aromatic carbocycles. The van der Waals surface area contributed by atoms with Crippen molar-refractivity contribution in [2.24, 2.45) is 5.73 Å². The first-order valence-corrected chi connectivity index (χ1v) is 8.64. The quantitative estimate of drug-likeness (QED) is 0.879. The molecule has 0 aliphatic heterocycles. The zero-order valence-electron chi connectivity index (χ0n) is 10.2. The van der Waals surface area contributed by atoms with Gasteiger partial charge in [0.05, 0.1) is 10.6 Å². The lowest BCUT2D eigenvalue weighted by atomic mass is 10.2. The second-order valence-corrected chi connectivity index (χ2v) is 7.67. The molecule has 0 aliphatic carbocycles. The van der Waals surface area contributed by atoms with Crippen LogP contribution in [0.15, 0.2) is 39.0 Å². The SMILES string of the molecule is Cc1cc(Br)cc(NS(=O)(=O)c2csc(CN)c2)c1. The average molecular weight is 361 g/mol. The Bertz CT molecular complexity index is 675. The van der Waals surface area contributed by atoms with E-state index in [1.165, 1.54) is 11.3 Å². The molecular weight excluding hydrogens is 348 g/mol. The standard InChI is InChI=1S/C12H13BrN2O2S2/c1-8-2-9(13)4-10(3-8)15-19(16,17)12-5-11(6-14)18-7-12/h2-5,7,15H,6,14H2,1H3. The van der Waals surface area contributed by atoms with Gasteiger partial charge < -0.3 is 5.73 Å². The molecule has 0 spiro atoms. The molecule has 0 fully saturated rings. The molecule has 1 heterocycles. The van der Waals surface area contributed by atoms with Gasteiger partial charge in [-0.2, -0.15) is 0 Å². The number of aryl methyl sites for hydroxylation is 1. The van der Waals surface area contributed by atoms with Crippen molar-refractivity contribution in [2.45, 2.75) is 18.4 Å². The van der Waals surface area contributed by atoms with Crippen LogP contribution in [0.25, 0.3) is 0 Å². The molecule has 2 aromatic rings. The minimum Gasteiger partial charge on any atom is -0.326 e. The third-order valence-electron chi connectivity index (χ3n) is 2.44. The van der Waals surface area contributed by atoms with Crippen molar-refractivity contribution in [1.29, 1.82) is 0 Å². The van der Waals surface area contributed by atoms with Crippen LogP contribution < -0.4 is 10.5 Å². The highest BCUT2D eigenvalue weighted by molar-refractivity contribution is 9.10. The molecule has 4 nitrogen and oxygen atoms in total. The molecule has 3 N–H and O–H groups in total. The van der Waals surface area contributed by atoms with E-state index in [1.54, 1.807) is 23.6 Å². The molecule has 0 saturated carbocycles. The van der Waals surface area contributed by atoms with Crippen LogP contribution in [0, 0.1) is 6.92 Å². The zero-order chi connectivity index (χ0) is 14.0. The van der Waals surface area contributed by atoms with Crippen molar-refractivity contribution in [3.63, 3.8) is 0 Å². The molecule has 0 bridgehead atoms. The van der Waals surface area contributed by atoms with Crippen molar-refractivity contribution < 1.29 is 8.42 Å². The number of anilines is 1. The third kappa shape index (κ3) is 3.56. The van der Waals surface area contributed by atoms with Crippen LogP contribution in [0.4, 0.5) is 5.69 Å². The summed E-state index contributed by atoms with van der Waals surface area (Å²) in [4.78, 5) is 1.08. The zero-order valence-corrected chi connectivity index (χ0v) is 13.4. The Balaban J connectivity index is 2.30. The number of nitrogens with two attached hydrogens (primary N) is 1. The van der Waals surface area contributed by atoms with Crippen molar-refractivity contribution in [3.8, 4) is 0 Å². The van der Waals surface area contributed by atoms with E-state index in [0.717, 1.165) is 14.9 Å². The van der Waals surface area contributed by atoms with Gasteiger partial charge in [0.2, 0.25) is 0 Å². The number of benzene rings is 1. The molecule has 0 amide bonds. The molecule has 19 heavy (non-hydrogen) atoms. The first-order valence-electron chi connectivity index (χ1n) is 5.48. The smallest absolute Gasteiger partial charge is 0.262 e. The number of rotatable bonds is 4. The Kier molecular flexibility index (Phi) is 4.29. The predicted molar refractivity (Wildman–Crippen MR) is 81.9 cm³/mol. The molecule has 102 valence electrons. The molecule has 0 saturated heterocycles. The van der Waals surface area contributed by atoms with Crippen LogP contribution in [0.5, 0.6) is 0 Å². The number of nitrogens with one attached hydrogen (secondary N) is 1. The Hall–Kier alpha value is -0.890. The largest absolute Gasteiger partial charge is 0.326 e. The van der Waals surface area contributed by atoms with Gasteiger partial charge in [0.25, 0.3) is 10.0 Å². The first-order chi connectivity index (χ1) is 8.90. The molecule has 0 unspecified atom stereocenters. The summed E-state index contributed by atoms with van der Waals surface area (Å²) in [6, 6.07) is 7.01. The van der Waals surface area contributed by atoms with Gasteiger partial charge in [-0.25, -0.2) is 8.42 Å². The third-order valence-corrected chi connectivity index (χ3v) is 5.36. The summed E-state index contributed by atoms with van der Waals surface area (Å²) in [7, 11) is -3.55. The maximum absolute atomic E-state index is 12.2. The summed E-state index contributed by atoms with van der Waals surface area (Å²) in [5, 5.41) is 1.59. The highest BCUT2D eigenvalue weighted by Gasteiger charge is 2.16. The van der Waals surface area contributed by atoms with E-state index >= 15 is 0 Å². The summed E-state index contributed by atoms with van der Waals surface area (Å²) in [6.07, 6.45) is 0. The molecule has 0 radical (unpaired) electrons. The van der Waals surface area contributed by atoms with Gasteiger partial charge >= 0.3 is 0 Å². The summed E-state index contributed by atoms with van der Waals surface area (Å²) < 4.78 is 27.8. The highest BCUT2D eigenvalue weighted by atomic mass is 79.9. The minimum atomic E-state index is -3.55. The fourth-order valence-corrected chi connectivity index (χ4v) is 4.42. The van der Waals surface area contributed by atoms with E-state index in [2.05, 4.69) is 20.7 Å². The minimum absolute atomic E-state index is 0.246. The Morgan fingerprint density at radius 2 is 2.05 bits per heavy atom. The van der Waals surface area contributed by atoms with E-state index in [-0.39, 0.29) is 4.90 Å². The molecule has 0 aliphatic rings.